The number of hydrogen-bond acceptors (Lipinski definition) is 1. The van der Waals surface area contributed by atoms with Crippen molar-refractivity contribution < 1.29 is 4.74 Å². The normalized spacial score (nSPS) is 10.6. The van der Waals surface area contributed by atoms with Crippen molar-refractivity contribution in [2.24, 2.45) is 0 Å². The maximum absolute atomic E-state index is 5.66. The van der Waals surface area contributed by atoms with Crippen LogP contribution in [0.3, 0.4) is 0 Å². The topological polar surface area (TPSA) is 9.23 Å². The van der Waals surface area contributed by atoms with E-state index in [9.17, 15) is 0 Å². The molecule has 0 radical (unpaired) electrons. The summed E-state index contributed by atoms with van der Waals surface area (Å²) in [4.78, 5) is 0. The number of rotatable bonds is 4. The third-order valence-corrected chi connectivity index (χ3v) is 2.14. The maximum Gasteiger partial charge on any atom is 0.129 e. The molecule has 1 aromatic carbocycles. The van der Waals surface area contributed by atoms with Gasteiger partial charge in [0.1, 0.15) is 12.4 Å². The van der Waals surface area contributed by atoms with Gasteiger partial charge in [-0.1, -0.05) is 36.4 Å². The van der Waals surface area contributed by atoms with Gasteiger partial charge in [0.25, 0.3) is 0 Å². The minimum Gasteiger partial charge on any atom is -0.489 e. The number of ether oxygens (including phenoxy) is 1. The summed E-state index contributed by atoms with van der Waals surface area (Å²) in [6, 6.07) is 4.26. The molecule has 15 heavy (non-hydrogen) atoms. The van der Waals surface area contributed by atoms with Gasteiger partial charge in [0.2, 0.25) is 0 Å². The molecule has 0 N–H and O–H groups in total. The Kier molecular flexibility index (Phi) is 4.17. The second-order valence-electron chi connectivity index (χ2n) is 3.60. The largest absolute Gasteiger partial charge is 0.489 e. The van der Waals surface area contributed by atoms with Gasteiger partial charge in [0, 0.05) is 5.56 Å². The lowest BCUT2D eigenvalue weighted by molar-refractivity contribution is 0.360. The van der Waals surface area contributed by atoms with E-state index < -0.39 is 0 Å². The van der Waals surface area contributed by atoms with Crippen molar-refractivity contribution >= 4 is 6.08 Å². The molecule has 1 nitrogen and oxygen atoms in total. The molecule has 80 valence electrons. The zero-order valence-corrected chi connectivity index (χ0v) is 9.71. The number of benzene rings is 1. The highest BCUT2D eigenvalue weighted by Gasteiger charge is 2.05. The molecule has 0 saturated carbocycles. The van der Waals surface area contributed by atoms with Crippen molar-refractivity contribution in [3.8, 4) is 5.75 Å². The summed E-state index contributed by atoms with van der Waals surface area (Å²) in [6.45, 7) is 10.4. The van der Waals surface area contributed by atoms with Gasteiger partial charge in [-0.15, -0.1) is 0 Å². The summed E-state index contributed by atoms with van der Waals surface area (Å²) in [6.07, 6.45) is 5.85. The summed E-state index contributed by atoms with van der Waals surface area (Å²) in [5, 5.41) is 0. The van der Waals surface area contributed by atoms with E-state index in [4.69, 9.17) is 4.74 Å². The van der Waals surface area contributed by atoms with E-state index in [0.717, 1.165) is 11.3 Å². The van der Waals surface area contributed by atoms with E-state index in [2.05, 4.69) is 38.6 Å². The Morgan fingerprint density at radius 1 is 1.33 bits per heavy atom. The fourth-order valence-corrected chi connectivity index (χ4v) is 1.63. The predicted molar refractivity (Wildman–Crippen MR) is 66.3 cm³/mol. The predicted octanol–water partition coefficient (Wildman–Crippen LogP) is 3.90. The monoisotopic (exact) mass is 202 g/mol. The lowest BCUT2D eigenvalue weighted by atomic mass is 10.1. The van der Waals surface area contributed by atoms with E-state index in [1.807, 2.05) is 13.0 Å². The van der Waals surface area contributed by atoms with E-state index in [-0.39, 0.29) is 0 Å². The molecule has 0 aliphatic heterocycles. The Morgan fingerprint density at radius 2 is 2.07 bits per heavy atom. The summed E-state index contributed by atoms with van der Waals surface area (Å²) in [5.41, 5.74) is 3.56. The SMILES string of the molecule is C=CCOc1c(C)cc(C)cc1/C=C\C. The van der Waals surface area contributed by atoms with Gasteiger partial charge in [-0.2, -0.15) is 0 Å². The smallest absolute Gasteiger partial charge is 0.129 e. The van der Waals surface area contributed by atoms with Crippen molar-refractivity contribution in [2.45, 2.75) is 20.8 Å². The Balaban J connectivity index is 3.13. The van der Waals surface area contributed by atoms with E-state index in [1.54, 1.807) is 6.08 Å². The highest BCUT2D eigenvalue weighted by Crippen LogP contribution is 2.26. The molecular weight excluding hydrogens is 184 g/mol. The standard InChI is InChI=1S/C14H18O/c1-5-7-13-10-11(3)9-12(4)14(13)15-8-6-2/h5-7,9-10H,2,8H2,1,3-4H3/b7-5-. The summed E-state index contributed by atoms with van der Waals surface area (Å²) in [5.74, 6) is 0.957. The molecule has 0 bridgehead atoms. The fraction of sp³-hybridized carbons (Fsp3) is 0.286. The van der Waals surface area contributed by atoms with Crippen LogP contribution in [0.2, 0.25) is 0 Å². The molecule has 1 rings (SSSR count). The van der Waals surface area contributed by atoms with Crippen LogP contribution in [-0.4, -0.2) is 6.61 Å². The van der Waals surface area contributed by atoms with Gasteiger partial charge in [0.05, 0.1) is 0 Å². The molecule has 0 aliphatic carbocycles. The summed E-state index contributed by atoms with van der Waals surface area (Å²) < 4.78 is 5.66. The number of hydrogen-bond donors (Lipinski definition) is 0. The van der Waals surface area contributed by atoms with Crippen LogP contribution in [-0.2, 0) is 0 Å². The van der Waals surface area contributed by atoms with Crippen LogP contribution >= 0.6 is 0 Å². The van der Waals surface area contributed by atoms with Gasteiger partial charge >= 0.3 is 0 Å². The quantitative estimate of drug-likeness (QED) is 0.673. The van der Waals surface area contributed by atoms with Crippen LogP contribution in [0.25, 0.3) is 6.08 Å². The van der Waals surface area contributed by atoms with Crippen LogP contribution in [0.4, 0.5) is 0 Å². The average Bonchev–Trinajstić information content (AvgIpc) is 2.17. The first-order valence-electron chi connectivity index (χ1n) is 5.16. The first kappa shape index (κ1) is 11.6. The lowest BCUT2D eigenvalue weighted by Gasteiger charge is -2.11. The lowest BCUT2D eigenvalue weighted by Crippen LogP contribution is -1.98. The third kappa shape index (κ3) is 2.98. The fourth-order valence-electron chi connectivity index (χ4n) is 1.63. The van der Waals surface area contributed by atoms with Crippen molar-refractivity contribution in [1.29, 1.82) is 0 Å². The number of aryl methyl sites for hydroxylation is 2. The second-order valence-corrected chi connectivity index (χ2v) is 3.60. The number of allylic oxidation sites excluding steroid dienone is 1. The van der Waals surface area contributed by atoms with Crippen LogP contribution < -0.4 is 4.74 Å². The van der Waals surface area contributed by atoms with Crippen LogP contribution in [0.1, 0.15) is 23.6 Å². The molecule has 0 fully saturated rings. The maximum atomic E-state index is 5.66. The zero-order valence-electron chi connectivity index (χ0n) is 9.71. The average molecular weight is 202 g/mol. The van der Waals surface area contributed by atoms with Crippen LogP contribution in [0.15, 0.2) is 30.9 Å². The van der Waals surface area contributed by atoms with Gasteiger partial charge < -0.3 is 4.74 Å². The second kappa shape index (κ2) is 5.40. The van der Waals surface area contributed by atoms with E-state index >= 15 is 0 Å². The van der Waals surface area contributed by atoms with E-state index in [1.165, 1.54) is 11.1 Å². The van der Waals surface area contributed by atoms with Gasteiger partial charge in [-0.25, -0.2) is 0 Å². The molecule has 0 spiro atoms. The summed E-state index contributed by atoms with van der Waals surface area (Å²) >= 11 is 0. The Morgan fingerprint density at radius 3 is 2.67 bits per heavy atom. The highest BCUT2D eigenvalue weighted by atomic mass is 16.5. The van der Waals surface area contributed by atoms with Gasteiger partial charge in [-0.3, -0.25) is 0 Å². The summed E-state index contributed by atoms with van der Waals surface area (Å²) in [7, 11) is 0. The van der Waals surface area contributed by atoms with Crippen molar-refractivity contribution in [1.82, 2.24) is 0 Å². The van der Waals surface area contributed by atoms with Crippen molar-refractivity contribution in [3.05, 3.63) is 47.6 Å². The van der Waals surface area contributed by atoms with Crippen molar-refractivity contribution in [2.75, 3.05) is 6.61 Å². The molecule has 0 heterocycles. The first-order chi connectivity index (χ1) is 7.19. The van der Waals surface area contributed by atoms with Crippen LogP contribution in [0, 0.1) is 13.8 Å². The van der Waals surface area contributed by atoms with Gasteiger partial charge in [-0.05, 0) is 32.4 Å². The van der Waals surface area contributed by atoms with Gasteiger partial charge in [0.15, 0.2) is 0 Å². The minimum absolute atomic E-state index is 0.550. The zero-order chi connectivity index (χ0) is 11.3. The van der Waals surface area contributed by atoms with Crippen LogP contribution in [0.5, 0.6) is 5.75 Å². The Labute approximate surface area is 92.1 Å². The first-order valence-corrected chi connectivity index (χ1v) is 5.16. The Hall–Kier alpha value is -1.50. The molecule has 1 aromatic rings. The molecule has 0 amide bonds. The minimum atomic E-state index is 0.550. The molecule has 0 aliphatic rings. The molecule has 1 heteroatoms. The molecule has 0 unspecified atom stereocenters. The Bertz CT molecular complexity index is 375. The third-order valence-electron chi connectivity index (χ3n) is 2.14. The van der Waals surface area contributed by atoms with E-state index in [0.29, 0.717) is 6.61 Å². The van der Waals surface area contributed by atoms with Crippen molar-refractivity contribution in [3.63, 3.8) is 0 Å². The molecular formula is C14H18O. The molecule has 0 aromatic heterocycles. The highest BCUT2D eigenvalue weighted by molar-refractivity contribution is 5.60. The molecule has 0 atom stereocenters. The molecule has 0 saturated heterocycles.